The van der Waals surface area contributed by atoms with Crippen LogP contribution < -0.4 is 10.6 Å². The number of hydrogen-bond acceptors (Lipinski definition) is 4. The first-order chi connectivity index (χ1) is 14.5. The second-order valence-corrected chi connectivity index (χ2v) is 8.43. The Labute approximate surface area is 203 Å². The molecule has 0 amide bonds. The van der Waals surface area contributed by atoms with Crippen LogP contribution in [-0.4, -0.2) is 41.6 Å². The fourth-order valence-corrected chi connectivity index (χ4v) is 3.82. The normalized spacial score (nSPS) is 19.4. The highest BCUT2D eigenvalue weighted by atomic mass is 127. The number of nitrogens with zero attached hydrogens (tertiary/aromatic N) is 2. The lowest BCUT2D eigenvalue weighted by molar-refractivity contribution is 0.0386. The van der Waals surface area contributed by atoms with Crippen LogP contribution in [0.4, 0.5) is 0 Å². The van der Waals surface area contributed by atoms with Gasteiger partial charge in [0.1, 0.15) is 11.4 Å². The lowest BCUT2D eigenvalue weighted by Crippen LogP contribution is -2.44. The van der Waals surface area contributed by atoms with Gasteiger partial charge < -0.3 is 20.2 Å². The van der Waals surface area contributed by atoms with Crippen LogP contribution in [0.25, 0.3) is 0 Å². The van der Waals surface area contributed by atoms with E-state index in [-0.39, 0.29) is 24.0 Å². The molecule has 31 heavy (non-hydrogen) atoms. The highest BCUT2D eigenvalue weighted by Crippen LogP contribution is 2.20. The molecule has 1 saturated heterocycles. The van der Waals surface area contributed by atoms with Crippen LogP contribution >= 0.6 is 24.0 Å². The molecule has 1 aliphatic rings. The third kappa shape index (κ3) is 7.80. The summed E-state index contributed by atoms with van der Waals surface area (Å²) >= 11 is 0. The molecule has 0 bridgehead atoms. The molecule has 1 aromatic heterocycles. The van der Waals surface area contributed by atoms with Crippen LogP contribution in [0.15, 0.2) is 52.1 Å². The first-order valence-corrected chi connectivity index (χ1v) is 11.1. The molecule has 1 aliphatic heterocycles. The number of hydrogen-bond donors (Lipinski definition) is 3. The number of guanidine groups is 1. The van der Waals surface area contributed by atoms with E-state index in [0.29, 0.717) is 30.9 Å². The monoisotopic (exact) mass is 540 g/mol. The van der Waals surface area contributed by atoms with E-state index in [9.17, 15) is 5.11 Å². The highest BCUT2D eigenvalue weighted by molar-refractivity contribution is 14.0. The summed E-state index contributed by atoms with van der Waals surface area (Å²) in [6.45, 7) is 9.95. The average molecular weight is 540 g/mol. The molecular formula is C24H37IN4O2. The number of benzene rings is 1. The topological polar surface area (TPSA) is 73.0 Å². The van der Waals surface area contributed by atoms with Gasteiger partial charge in [-0.1, -0.05) is 30.7 Å². The van der Waals surface area contributed by atoms with Crippen LogP contribution in [0, 0.1) is 0 Å². The second kappa shape index (κ2) is 12.5. The number of furan rings is 1. The van der Waals surface area contributed by atoms with Crippen molar-refractivity contribution in [2.75, 3.05) is 19.6 Å². The van der Waals surface area contributed by atoms with Crippen molar-refractivity contribution in [1.82, 2.24) is 15.5 Å². The Bertz CT molecular complexity index is 790. The fraction of sp³-hybridized carbons (Fsp3) is 0.542. The van der Waals surface area contributed by atoms with Crippen molar-refractivity contribution in [1.29, 1.82) is 0 Å². The molecule has 1 aromatic carbocycles. The maximum Gasteiger partial charge on any atom is 0.191 e. The Balaban J connectivity index is 0.00000341. The third-order valence-electron chi connectivity index (χ3n) is 5.77. The van der Waals surface area contributed by atoms with Crippen molar-refractivity contribution in [3.05, 3.63) is 59.5 Å². The minimum atomic E-state index is -1.10. The van der Waals surface area contributed by atoms with E-state index in [1.807, 2.05) is 6.92 Å². The molecule has 0 aliphatic carbocycles. The number of halogens is 1. The maximum atomic E-state index is 10.6. The summed E-state index contributed by atoms with van der Waals surface area (Å²) in [5, 5.41) is 17.1. The van der Waals surface area contributed by atoms with Crippen LogP contribution in [0.3, 0.4) is 0 Å². The smallest absolute Gasteiger partial charge is 0.191 e. The van der Waals surface area contributed by atoms with Gasteiger partial charge >= 0.3 is 0 Å². The van der Waals surface area contributed by atoms with Gasteiger partial charge in [0.05, 0.1) is 19.4 Å². The summed E-state index contributed by atoms with van der Waals surface area (Å²) in [6.07, 6.45) is 5.54. The molecule has 0 spiro atoms. The van der Waals surface area contributed by atoms with Gasteiger partial charge in [-0.3, -0.25) is 4.90 Å². The van der Waals surface area contributed by atoms with Gasteiger partial charge in [0.2, 0.25) is 0 Å². The van der Waals surface area contributed by atoms with E-state index >= 15 is 0 Å². The van der Waals surface area contributed by atoms with E-state index < -0.39 is 5.60 Å². The number of likely N-dealkylation sites (tertiary alicyclic amines) is 1. The predicted molar refractivity (Wildman–Crippen MR) is 137 cm³/mol. The quantitative estimate of drug-likeness (QED) is 0.266. The van der Waals surface area contributed by atoms with Gasteiger partial charge in [-0.25, -0.2) is 4.99 Å². The highest BCUT2D eigenvalue weighted by Gasteiger charge is 2.26. The molecule has 2 atom stereocenters. The van der Waals surface area contributed by atoms with Gasteiger partial charge in [-0.15, -0.1) is 24.0 Å². The summed E-state index contributed by atoms with van der Waals surface area (Å²) in [5.74, 6) is 1.21. The number of aliphatic hydroxyl groups is 1. The summed E-state index contributed by atoms with van der Waals surface area (Å²) in [7, 11) is 0. The van der Waals surface area contributed by atoms with Gasteiger partial charge in [-0.2, -0.15) is 0 Å². The first-order valence-electron chi connectivity index (χ1n) is 11.1. The molecule has 2 unspecified atom stereocenters. The Morgan fingerprint density at radius 3 is 2.58 bits per heavy atom. The average Bonchev–Trinajstić information content (AvgIpc) is 3.29. The summed E-state index contributed by atoms with van der Waals surface area (Å²) in [5.41, 5.74) is 1.42. The Morgan fingerprint density at radius 1 is 1.19 bits per heavy atom. The maximum absolute atomic E-state index is 10.6. The standard InChI is InChI=1S/C24H36N4O2.HI/c1-4-25-23(27-18-24(3,29)22-9-7-15-30-22)26-16-20-10-12-21(13-11-20)17-28-14-6-5-8-19(28)2;/h7,9-13,15,19,29H,4-6,8,14,16-18H2,1-3H3,(H2,25,26,27);1H. The van der Waals surface area contributed by atoms with E-state index in [0.717, 1.165) is 13.1 Å². The van der Waals surface area contributed by atoms with Crippen LogP contribution in [0.5, 0.6) is 0 Å². The molecule has 6 nitrogen and oxygen atoms in total. The number of rotatable bonds is 8. The van der Waals surface area contributed by atoms with Gasteiger partial charge in [0.15, 0.2) is 5.96 Å². The molecule has 0 saturated carbocycles. The lowest BCUT2D eigenvalue weighted by atomic mass is 10.0. The molecule has 3 N–H and O–H groups in total. The van der Waals surface area contributed by atoms with Crippen molar-refractivity contribution in [3.8, 4) is 0 Å². The van der Waals surface area contributed by atoms with Gasteiger partial charge in [0.25, 0.3) is 0 Å². The van der Waals surface area contributed by atoms with Crippen LogP contribution in [0.1, 0.15) is 56.9 Å². The van der Waals surface area contributed by atoms with E-state index in [1.165, 1.54) is 36.9 Å². The van der Waals surface area contributed by atoms with E-state index in [1.54, 1.807) is 25.3 Å². The minimum absolute atomic E-state index is 0. The summed E-state index contributed by atoms with van der Waals surface area (Å²) in [4.78, 5) is 7.25. The van der Waals surface area contributed by atoms with Crippen molar-refractivity contribution < 1.29 is 9.52 Å². The molecule has 172 valence electrons. The van der Waals surface area contributed by atoms with Crippen molar-refractivity contribution in [2.24, 2.45) is 4.99 Å². The minimum Gasteiger partial charge on any atom is -0.466 e. The molecule has 3 rings (SSSR count). The second-order valence-electron chi connectivity index (χ2n) is 8.43. The Kier molecular flexibility index (Phi) is 10.3. The number of piperidine rings is 1. The third-order valence-corrected chi connectivity index (χ3v) is 5.77. The summed E-state index contributed by atoms with van der Waals surface area (Å²) in [6, 6.07) is 13.0. The number of nitrogens with one attached hydrogen (secondary N) is 2. The molecule has 2 aromatic rings. The largest absolute Gasteiger partial charge is 0.466 e. The van der Waals surface area contributed by atoms with Crippen LogP contribution in [0.2, 0.25) is 0 Å². The predicted octanol–water partition coefficient (Wildman–Crippen LogP) is 4.23. The SMILES string of the molecule is CCNC(=NCc1ccc(CN2CCCCC2C)cc1)NCC(C)(O)c1ccco1.I. The van der Waals surface area contributed by atoms with E-state index in [2.05, 4.69) is 51.7 Å². The molecule has 7 heteroatoms. The van der Waals surface area contributed by atoms with Gasteiger partial charge in [0, 0.05) is 19.1 Å². The molecular weight excluding hydrogens is 503 g/mol. The van der Waals surface area contributed by atoms with Crippen LogP contribution in [-0.2, 0) is 18.7 Å². The summed E-state index contributed by atoms with van der Waals surface area (Å²) < 4.78 is 5.34. The van der Waals surface area contributed by atoms with Crippen molar-refractivity contribution in [3.63, 3.8) is 0 Å². The first kappa shape index (κ1) is 25.7. The van der Waals surface area contributed by atoms with E-state index in [4.69, 9.17) is 4.42 Å². The zero-order valence-electron chi connectivity index (χ0n) is 18.9. The Hall–Kier alpha value is -1.58. The van der Waals surface area contributed by atoms with Crippen molar-refractivity contribution in [2.45, 2.75) is 64.8 Å². The Morgan fingerprint density at radius 2 is 1.94 bits per heavy atom. The zero-order valence-corrected chi connectivity index (χ0v) is 21.3. The molecule has 0 radical (unpaired) electrons. The van der Waals surface area contributed by atoms with Crippen molar-refractivity contribution >= 4 is 29.9 Å². The molecule has 1 fully saturated rings. The zero-order chi connectivity index (χ0) is 21.4. The fourth-order valence-electron chi connectivity index (χ4n) is 3.82. The number of aliphatic imine (C=N–C) groups is 1. The molecule has 2 heterocycles. The lowest BCUT2D eigenvalue weighted by Gasteiger charge is -2.33. The van der Waals surface area contributed by atoms with Gasteiger partial charge in [-0.05, 0) is 63.4 Å².